The molecule has 4 rings (SSSR count). The molecule has 3 aromatic rings. The smallest absolute Gasteiger partial charge is 0.234 e. The summed E-state index contributed by atoms with van der Waals surface area (Å²) in [6, 6.07) is 16.2. The van der Waals surface area contributed by atoms with E-state index in [0.29, 0.717) is 11.0 Å². The first-order valence-corrected chi connectivity index (χ1v) is 11.4. The van der Waals surface area contributed by atoms with Crippen molar-refractivity contribution in [3.63, 3.8) is 0 Å². The Kier molecular flexibility index (Phi) is 6.69. The highest BCUT2D eigenvalue weighted by Gasteiger charge is 2.11. The number of nitrogens with zero attached hydrogens (tertiary/aromatic N) is 3. The minimum absolute atomic E-state index is 0.0655. The van der Waals surface area contributed by atoms with Gasteiger partial charge in [-0.25, -0.2) is 4.98 Å². The number of aryl methyl sites for hydroxylation is 1. The van der Waals surface area contributed by atoms with Crippen LogP contribution in [0.25, 0.3) is 11.4 Å². The van der Waals surface area contributed by atoms with Crippen molar-refractivity contribution >= 4 is 29.0 Å². The summed E-state index contributed by atoms with van der Waals surface area (Å²) in [5.74, 6) is 0.908. The molecule has 2 N–H and O–H groups in total. The van der Waals surface area contributed by atoms with E-state index in [1.54, 1.807) is 0 Å². The summed E-state index contributed by atoms with van der Waals surface area (Å²) in [5.41, 5.74) is 4.22. The Morgan fingerprint density at radius 3 is 2.43 bits per heavy atom. The highest BCUT2D eigenvalue weighted by molar-refractivity contribution is 7.99. The van der Waals surface area contributed by atoms with Gasteiger partial charge in [-0.05, 0) is 44.0 Å². The SMILES string of the molecule is Cc1ccc(-c2nc(SCC(=O)Nc3ccc(N4CCCCCC4)cc3)n[nH]2)cc1. The van der Waals surface area contributed by atoms with Crippen LogP contribution in [0.5, 0.6) is 0 Å². The number of hydrogen-bond acceptors (Lipinski definition) is 5. The predicted molar refractivity (Wildman–Crippen MR) is 123 cm³/mol. The van der Waals surface area contributed by atoms with Crippen molar-refractivity contribution in [2.24, 2.45) is 0 Å². The summed E-state index contributed by atoms with van der Waals surface area (Å²) in [7, 11) is 0. The normalized spacial score (nSPS) is 14.4. The summed E-state index contributed by atoms with van der Waals surface area (Å²) >= 11 is 1.32. The molecule has 2 heterocycles. The van der Waals surface area contributed by atoms with Gasteiger partial charge >= 0.3 is 0 Å². The molecule has 1 saturated heterocycles. The van der Waals surface area contributed by atoms with Crippen molar-refractivity contribution in [2.75, 3.05) is 29.1 Å². The third kappa shape index (κ3) is 5.42. The monoisotopic (exact) mass is 421 g/mol. The molecule has 2 aromatic carbocycles. The first kappa shape index (κ1) is 20.5. The van der Waals surface area contributed by atoms with E-state index in [1.807, 2.05) is 43.3 Å². The molecule has 30 heavy (non-hydrogen) atoms. The molecule has 1 aromatic heterocycles. The van der Waals surface area contributed by atoms with Crippen molar-refractivity contribution in [1.82, 2.24) is 15.2 Å². The van der Waals surface area contributed by atoms with E-state index in [9.17, 15) is 4.79 Å². The van der Waals surface area contributed by atoms with Crippen molar-refractivity contribution in [1.29, 1.82) is 0 Å². The van der Waals surface area contributed by atoms with Crippen LogP contribution in [0.15, 0.2) is 53.7 Å². The molecule has 0 bridgehead atoms. The number of carbonyl (C=O) groups is 1. The number of carbonyl (C=O) groups excluding carboxylic acids is 1. The predicted octanol–water partition coefficient (Wildman–Crippen LogP) is 4.89. The number of thioether (sulfide) groups is 1. The quantitative estimate of drug-likeness (QED) is 0.554. The van der Waals surface area contributed by atoms with Gasteiger partial charge in [-0.1, -0.05) is 54.4 Å². The van der Waals surface area contributed by atoms with E-state index in [0.717, 1.165) is 24.3 Å². The van der Waals surface area contributed by atoms with Gasteiger partial charge in [0, 0.05) is 30.0 Å². The highest BCUT2D eigenvalue weighted by atomic mass is 32.2. The van der Waals surface area contributed by atoms with E-state index in [4.69, 9.17) is 0 Å². The molecule has 1 aliphatic heterocycles. The molecule has 156 valence electrons. The number of H-pyrrole nitrogens is 1. The maximum Gasteiger partial charge on any atom is 0.234 e. The number of amides is 1. The standard InChI is InChI=1S/C23H27N5OS/c1-17-6-8-18(9-7-17)22-25-23(27-26-22)30-16-21(29)24-19-10-12-20(13-11-19)28-14-4-2-3-5-15-28/h6-13H,2-5,14-16H2,1H3,(H,24,29)(H,25,26,27). The lowest BCUT2D eigenvalue weighted by Crippen LogP contribution is -2.23. The van der Waals surface area contributed by atoms with Gasteiger partial charge in [0.1, 0.15) is 0 Å². The lowest BCUT2D eigenvalue weighted by Gasteiger charge is -2.22. The second-order valence-corrected chi connectivity index (χ2v) is 8.56. The Morgan fingerprint density at radius 2 is 1.73 bits per heavy atom. The zero-order chi connectivity index (χ0) is 20.8. The maximum absolute atomic E-state index is 12.3. The summed E-state index contributed by atoms with van der Waals surface area (Å²) in [6.45, 7) is 4.28. The third-order valence-electron chi connectivity index (χ3n) is 5.24. The fourth-order valence-electron chi connectivity index (χ4n) is 3.56. The summed E-state index contributed by atoms with van der Waals surface area (Å²) in [6.07, 6.45) is 5.14. The van der Waals surface area contributed by atoms with Gasteiger partial charge in [0.05, 0.1) is 5.75 Å². The number of aromatic nitrogens is 3. The van der Waals surface area contributed by atoms with E-state index in [1.165, 1.54) is 48.7 Å². The third-order valence-corrected chi connectivity index (χ3v) is 6.09. The van der Waals surface area contributed by atoms with Gasteiger partial charge < -0.3 is 10.2 Å². The average molecular weight is 422 g/mol. The Hall–Kier alpha value is -2.80. The first-order chi connectivity index (χ1) is 14.7. The van der Waals surface area contributed by atoms with Gasteiger partial charge in [0.2, 0.25) is 11.1 Å². The second-order valence-electron chi connectivity index (χ2n) is 7.62. The van der Waals surface area contributed by atoms with E-state index in [-0.39, 0.29) is 11.7 Å². The van der Waals surface area contributed by atoms with Crippen LogP contribution in [0.4, 0.5) is 11.4 Å². The summed E-state index contributed by atoms with van der Waals surface area (Å²) in [5, 5.41) is 10.7. The van der Waals surface area contributed by atoms with E-state index >= 15 is 0 Å². The van der Waals surface area contributed by atoms with Crippen molar-refractivity contribution in [3.05, 3.63) is 54.1 Å². The Bertz CT molecular complexity index is 960. The van der Waals surface area contributed by atoms with Crippen LogP contribution in [-0.4, -0.2) is 39.9 Å². The Labute approximate surface area is 181 Å². The average Bonchev–Trinajstić information content (AvgIpc) is 3.07. The number of rotatable bonds is 6. The van der Waals surface area contributed by atoms with Crippen LogP contribution < -0.4 is 10.2 Å². The number of anilines is 2. The minimum Gasteiger partial charge on any atom is -0.372 e. The molecule has 1 amide bonds. The largest absolute Gasteiger partial charge is 0.372 e. The van der Waals surface area contributed by atoms with Crippen LogP contribution in [-0.2, 0) is 4.79 Å². The van der Waals surface area contributed by atoms with Gasteiger partial charge in [0.25, 0.3) is 0 Å². The van der Waals surface area contributed by atoms with Crippen LogP contribution in [0.3, 0.4) is 0 Å². The van der Waals surface area contributed by atoms with Crippen LogP contribution in [0.2, 0.25) is 0 Å². The molecule has 0 aliphatic carbocycles. The lowest BCUT2D eigenvalue weighted by molar-refractivity contribution is -0.113. The molecule has 0 saturated carbocycles. The molecule has 1 fully saturated rings. The lowest BCUT2D eigenvalue weighted by atomic mass is 10.1. The number of aromatic amines is 1. The topological polar surface area (TPSA) is 73.9 Å². The molecule has 7 heteroatoms. The van der Waals surface area contributed by atoms with Gasteiger partial charge in [-0.3, -0.25) is 9.89 Å². The number of nitrogens with one attached hydrogen (secondary N) is 2. The van der Waals surface area contributed by atoms with Gasteiger partial charge in [-0.2, -0.15) is 0 Å². The zero-order valence-electron chi connectivity index (χ0n) is 17.2. The fourth-order valence-corrected chi connectivity index (χ4v) is 4.16. The van der Waals surface area contributed by atoms with Gasteiger partial charge in [-0.15, -0.1) is 5.10 Å². The van der Waals surface area contributed by atoms with Crippen LogP contribution in [0.1, 0.15) is 31.2 Å². The Morgan fingerprint density at radius 1 is 1.03 bits per heavy atom. The van der Waals surface area contributed by atoms with Crippen LogP contribution >= 0.6 is 11.8 Å². The second kappa shape index (κ2) is 9.80. The maximum atomic E-state index is 12.3. The molecule has 0 atom stereocenters. The minimum atomic E-state index is -0.0655. The van der Waals surface area contributed by atoms with E-state index in [2.05, 4.69) is 37.5 Å². The molecular formula is C23H27N5OS. The van der Waals surface area contributed by atoms with Crippen molar-refractivity contribution in [2.45, 2.75) is 37.8 Å². The van der Waals surface area contributed by atoms with Crippen molar-refractivity contribution < 1.29 is 4.79 Å². The first-order valence-electron chi connectivity index (χ1n) is 10.4. The number of benzene rings is 2. The molecule has 6 nitrogen and oxygen atoms in total. The van der Waals surface area contributed by atoms with E-state index < -0.39 is 0 Å². The van der Waals surface area contributed by atoms with Crippen molar-refractivity contribution in [3.8, 4) is 11.4 Å². The summed E-state index contributed by atoms with van der Waals surface area (Å²) in [4.78, 5) is 19.2. The molecular weight excluding hydrogens is 394 g/mol. The molecule has 0 spiro atoms. The number of hydrogen-bond donors (Lipinski definition) is 2. The summed E-state index contributed by atoms with van der Waals surface area (Å²) < 4.78 is 0. The zero-order valence-corrected chi connectivity index (χ0v) is 18.0. The molecule has 1 aliphatic rings. The Balaban J connectivity index is 1.28. The molecule has 0 radical (unpaired) electrons. The van der Waals surface area contributed by atoms with Crippen LogP contribution in [0, 0.1) is 6.92 Å². The molecule has 0 unspecified atom stereocenters. The van der Waals surface area contributed by atoms with Gasteiger partial charge in [0.15, 0.2) is 5.82 Å². The fraction of sp³-hybridized carbons (Fsp3) is 0.348. The highest BCUT2D eigenvalue weighted by Crippen LogP contribution is 2.23.